The number of rotatable bonds is 4. The van der Waals surface area contributed by atoms with E-state index in [1.807, 2.05) is 0 Å². The van der Waals surface area contributed by atoms with Crippen molar-refractivity contribution in [3.63, 3.8) is 0 Å². The fraction of sp³-hybridized carbons (Fsp3) is 1.00. The molecule has 0 aromatic rings. The molecule has 0 aliphatic carbocycles. The predicted octanol–water partition coefficient (Wildman–Crippen LogP) is 2.40. The van der Waals surface area contributed by atoms with E-state index in [2.05, 4.69) is 20.9 Å². The van der Waals surface area contributed by atoms with Crippen LogP contribution in [0.15, 0.2) is 0 Å². The van der Waals surface area contributed by atoms with E-state index in [4.69, 9.17) is 5.39 Å². The summed E-state index contributed by atoms with van der Waals surface area (Å²) in [6, 6.07) is 0. The third-order valence-corrected chi connectivity index (χ3v) is 1.45. The quantitative estimate of drug-likeness (QED) is 0.369. The van der Waals surface area contributed by atoms with Crippen molar-refractivity contribution in [3.8, 4) is 0 Å². The molecule has 0 rings (SSSR count). The monoisotopic (exact) mass is 177 g/mol. The van der Waals surface area contributed by atoms with Crippen molar-refractivity contribution in [1.82, 2.24) is 0 Å². The van der Waals surface area contributed by atoms with Crippen molar-refractivity contribution in [2.75, 3.05) is 11.9 Å². The van der Waals surface area contributed by atoms with Crippen LogP contribution in [0.1, 0.15) is 19.3 Å². The van der Waals surface area contributed by atoms with Crippen molar-refractivity contribution in [2.45, 2.75) is 19.3 Å². The average Bonchev–Trinajstić information content (AvgIpc) is 1.81. The highest BCUT2D eigenvalue weighted by Crippen LogP contribution is 1.97. The van der Waals surface area contributed by atoms with E-state index in [-0.39, 0.29) is 0 Å². The Morgan fingerprint density at radius 2 is 2.00 bits per heavy atom. The Balaban J connectivity index is 2.65. The van der Waals surface area contributed by atoms with Gasteiger partial charge in [0.15, 0.2) is 0 Å². The fourth-order valence-electron chi connectivity index (χ4n) is 0.454. The maximum Gasteiger partial charge on any atom is 0.305 e. The molecule has 8 heavy (non-hydrogen) atoms. The zero-order valence-corrected chi connectivity index (χ0v) is 6.39. The van der Waals surface area contributed by atoms with Crippen molar-refractivity contribution < 1.29 is 0 Å². The molecule has 0 saturated carbocycles. The summed E-state index contributed by atoms with van der Waals surface area (Å²) in [6.45, 7) is 0.590. The molecule has 0 aliphatic rings. The molecule has 0 aromatic carbocycles. The number of hydrogen-bond acceptors (Lipinski definition) is 1. The lowest BCUT2D eigenvalue weighted by Crippen LogP contribution is -1.79. The van der Waals surface area contributed by atoms with Crippen molar-refractivity contribution in [1.29, 1.82) is 5.39 Å². The van der Waals surface area contributed by atoms with E-state index < -0.39 is 0 Å². The number of hydrogen-bond donors (Lipinski definition) is 0. The van der Waals surface area contributed by atoms with Crippen LogP contribution in [0.3, 0.4) is 0 Å². The minimum Gasteiger partial charge on any atom is -0.0928 e. The van der Waals surface area contributed by atoms with Gasteiger partial charge in [-0.2, -0.15) is 0 Å². The van der Waals surface area contributed by atoms with Crippen LogP contribution in [0.2, 0.25) is 0 Å². The van der Waals surface area contributed by atoms with Crippen LogP contribution in [-0.4, -0.2) is 11.9 Å². The maximum atomic E-state index is 7.98. The van der Waals surface area contributed by atoms with Gasteiger partial charge in [0.2, 0.25) is 5.39 Å². The van der Waals surface area contributed by atoms with Crippen LogP contribution >= 0.6 is 15.9 Å². The Hall–Kier alpha value is -0.100. The van der Waals surface area contributed by atoms with E-state index in [1.54, 1.807) is 0 Å². The molecule has 46 valence electrons. The SMILES string of the molecule is N#[N+]CCCCCBr. The maximum absolute atomic E-state index is 7.98. The largest absolute Gasteiger partial charge is 0.305 e. The first kappa shape index (κ1) is 7.90. The third kappa shape index (κ3) is 5.90. The van der Waals surface area contributed by atoms with Crippen LogP contribution in [0.5, 0.6) is 0 Å². The predicted molar refractivity (Wildman–Crippen MR) is 37.6 cm³/mol. The number of diazo groups is 1. The molecule has 0 unspecified atom stereocenters. The summed E-state index contributed by atoms with van der Waals surface area (Å²) in [6.07, 6.45) is 3.33. The van der Waals surface area contributed by atoms with Crippen molar-refractivity contribution >= 4 is 15.9 Å². The molecule has 0 saturated heterocycles. The molecule has 0 spiro atoms. The lowest BCUT2D eigenvalue weighted by atomic mass is 10.3. The minimum atomic E-state index is 0.590. The van der Waals surface area contributed by atoms with Crippen molar-refractivity contribution in [3.05, 3.63) is 4.98 Å². The number of halogens is 1. The number of alkyl halides is 1. The van der Waals surface area contributed by atoms with Gasteiger partial charge in [-0.1, -0.05) is 15.9 Å². The van der Waals surface area contributed by atoms with Gasteiger partial charge in [-0.05, 0) is 12.8 Å². The number of nitrogens with zero attached hydrogens (tertiary/aromatic N) is 2. The smallest absolute Gasteiger partial charge is 0.0928 e. The van der Waals surface area contributed by atoms with Crippen LogP contribution in [0, 0.1) is 5.39 Å². The highest BCUT2D eigenvalue weighted by Gasteiger charge is 1.92. The summed E-state index contributed by atoms with van der Waals surface area (Å²) in [5, 5.41) is 9.03. The first-order valence-electron chi connectivity index (χ1n) is 2.78. The first-order valence-corrected chi connectivity index (χ1v) is 3.90. The Morgan fingerprint density at radius 1 is 1.25 bits per heavy atom. The second kappa shape index (κ2) is 6.90. The topological polar surface area (TPSA) is 28.1 Å². The first-order chi connectivity index (χ1) is 3.91. The second-order valence-corrected chi connectivity index (χ2v) is 2.41. The van der Waals surface area contributed by atoms with Crippen LogP contribution < -0.4 is 0 Å². The summed E-state index contributed by atoms with van der Waals surface area (Å²) in [5.74, 6) is 0. The Morgan fingerprint density at radius 3 is 2.50 bits per heavy atom. The van der Waals surface area contributed by atoms with Crippen LogP contribution in [0.4, 0.5) is 0 Å². The molecule has 0 aliphatic heterocycles. The normalized spacial score (nSPS) is 8.50. The molecule has 0 amide bonds. The lowest BCUT2D eigenvalue weighted by molar-refractivity contribution is 0.762. The summed E-state index contributed by atoms with van der Waals surface area (Å²) in [5.41, 5.74) is 0. The van der Waals surface area contributed by atoms with Gasteiger partial charge in [-0.3, -0.25) is 0 Å². The lowest BCUT2D eigenvalue weighted by Gasteiger charge is -1.84. The molecular formula is C5H10BrN2+. The van der Waals surface area contributed by atoms with Gasteiger partial charge in [0.25, 0.3) is 0 Å². The van der Waals surface area contributed by atoms with Crippen LogP contribution in [0.25, 0.3) is 4.98 Å². The standard InChI is InChI=1S/C5H10BrN2/c6-4-2-1-3-5-8-7/h1-5H2/q+1. The van der Waals surface area contributed by atoms with Gasteiger partial charge < -0.3 is 0 Å². The molecular weight excluding hydrogens is 168 g/mol. The van der Waals surface area contributed by atoms with Crippen molar-refractivity contribution in [2.24, 2.45) is 0 Å². The van der Waals surface area contributed by atoms with Gasteiger partial charge in [-0.25, -0.2) is 0 Å². The highest BCUT2D eigenvalue weighted by molar-refractivity contribution is 9.09. The molecule has 0 aromatic heterocycles. The summed E-state index contributed by atoms with van der Waals surface area (Å²) < 4.78 is 0. The molecule has 3 heteroatoms. The van der Waals surface area contributed by atoms with Gasteiger partial charge >= 0.3 is 6.54 Å². The molecule has 0 fully saturated rings. The summed E-state index contributed by atoms with van der Waals surface area (Å²) in [7, 11) is 0. The van der Waals surface area contributed by atoms with E-state index in [0.717, 1.165) is 18.2 Å². The minimum absolute atomic E-state index is 0.590. The number of unbranched alkanes of at least 4 members (excludes halogenated alkanes) is 2. The van der Waals surface area contributed by atoms with Gasteiger partial charge in [0.05, 0.1) is 0 Å². The summed E-state index contributed by atoms with van der Waals surface area (Å²) >= 11 is 3.31. The van der Waals surface area contributed by atoms with Crippen LogP contribution in [-0.2, 0) is 0 Å². The zero-order valence-electron chi connectivity index (χ0n) is 4.81. The zero-order chi connectivity index (χ0) is 6.24. The molecule has 0 heterocycles. The molecule has 2 nitrogen and oxygen atoms in total. The van der Waals surface area contributed by atoms with Gasteiger partial charge in [-0.15, -0.1) is 0 Å². The molecule has 0 N–H and O–H groups in total. The van der Waals surface area contributed by atoms with Gasteiger partial charge in [0, 0.05) is 11.8 Å². The Labute approximate surface area is 58.0 Å². The van der Waals surface area contributed by atoms with E-state index in [0.29, 0.717) is 6.54 Å². The Kier molecular flexibility index (Phi) is 6.81. The highest BCUT2D eigenvalue weighted by atomic mass is 79.9. The van der Waals surface area contributed by atoms with Gasteiger partial charge in [0.1, 0.15) is 4.98 Å². The third-order valence-electron chi connectivity index (χ3n) is 0.892. The Bertz CT molecular complexity index is 77.0. The molecule has 0 atom stereocenters. The van der Waals surface area contributed by atoms with E-state index in [9.17, 15) is 0 Å². The second-order valence-electron chi connectivity index (χ2n) is 1.61. The molecule has 0 bridgehead atoms. The average molecular weight is 178 g/mol. The summed E-state index contributed by atoms with van der Waals surface area (Å²) in [4.78, 5) is 2.99. The fourth-order valence-corrected chi connectivity index (χ4v) is 0.850. The van der Waals surface area contributed by atoms with E-state index in [1.165, 1.54) is 6.42 Å². The van der Waals surface area contributed by atoms with E-state index >= 15 is 0 Å². The molecule has 0 radical (unpaired) electrons.